The Hall–Kier alpha value is -1.28. The molecule has 2 rings (SSSR count). The third kappa shape index (κ3) is 1.77. The van der Waals surface area contributed by atoms with E-state index in [2.05, 4.69) is 36.4 Å². The van der Waals surface area contributed by atoms with Crippen molar-refractivity contribution >= 4 is 11.6 Å². The second-order valence-electron chi connectivity index (χ2n) is 3.73. The van der Waals surface area contributed by atoms with E-state index in [1.807, 2.05) is 24.3 Å². The molecule has 15 heavy (non-hydrogen) atoms. The Labute approximate surface area is 94.7 Å². The summed E-state index contributed by atoms with van der Waals surface area (Å²) in [7, 11) is 4.10. The Morgan fingerprint density at radius 3 is 2.27 bits per heavy atom. The minimum atomic E-state index is 0.772. The van der Waals surface area contributed by atoms with Gasteiger partial charge < -0.3 is 0 Å². The van der Waals surface area contributed by atoms with Crippen LogP contribution in [0.4, 0.5) is 0 Å². The molecule has 3 heteroatoms. The van der Waals surface area contributed by atoms with Crippen molar-refractivity contribution < 1.29 is 4.68 Å². The van der Waals surface area contributed by atoms with Crippen LogP contribution in [0.15, 0.2) is 30.3 Å². The predicted molar refractivity (Wildman–Crippen MR) is 61.8 cm³/mol. The van der Waals surface area contributed by atoms with Gasteiger partial charge >= 0.3 is 0 Å². The predicted octanol–water partition coefficient (Wildman–Crippen LogP) is 2.48. The molecule has 2 nitrogen and oxygen atoms in total. The fourth-order valence-electron chi connectivity index (χ4n) is 1.67. The van der Waals surface area contributed by atoms with Crippen molar-refractivity contribution in [3.8, 4) is 11.3 Å². The van der Waals surface area contributed by atoms with Crippen LogP contribution in [0.5, 0.6) is 0 Å². The fraction of sp³-hybridized carbons (Fsp3) is 0.250. The molecule has 78 valence electrons. The van der Waals surface area contributed by atoms with Crippen molar-refractivity contribution in [3.05, 3.63) is 41.0 Å². The molecule has 0 radical (unpaired) electrons. The molecule has 0 spiro atoms. The molecule has 0 bridgehead atoms. The normalized spacial score (nSPS) is 10.7. The van der Waals surface area contributed by atoms with Crippen LogP contribution >= 0.6 is 11.6 Å². The van der Waals surface area contributed by atoms with Gasteiger partial charge in [0.05, 0.1) is 12.7 Å². The number of aryl methyl sites for hydroxylation is 1. The maximum atomic E-state index is 5.86. The lowest BCUT2D eigenvalue weighted by Crippen LogP contribution is -2.39. The van der Waals surface area contributed by atoms with Gasteiger partial charge in [0.2, 0.25) is 5.69 Å². The van der Waals surface area contributed by atoms with Gasteiger partial charge in [-0.3, -0.25) is 0 Å². The van der Waals surface area contributed by atoms with Crippen LogP contribution in [0.2, 0.25) is 5.02 Å². The molecule has 0 N–H and O–H groups in total. The molecule has 2 aromatic rings. The lowest BCUT2D eigenvalue weighted by Gasteiger charge is -1.96. The summed E-state index contributed by atoms with van der Waals surface area (Å²) in [5.41, 5.74) is 3.62. The minimum Gasteiger partial charge on any atom is -0.161 e. The van der Waals surface area contributed by atoms with E-state index in [1.165, 1.54) is 17.0 Å². The summed E-state index contributed by atoms with van der Waals surface area (Å²) < 4.78 is 4.24. The van der Waals surface area contributed by atoms with Gasteiger partial charge in [0.15, 0.2) is 7.05 Å². The van der Waals surface area contributed by atoms with Crippen LogP contribution in [-0.2, 0) is 14.1 Å². The van der Waals surface area contributed by atoms with E-state index >= 15 is 0 Å². The summed E-state index contributed by atoms with van der Waals surface area (Å²) in [4.78, 5) is 0. The summed E-state index contributed by atoms with van der Waals surface area (Å²) in [5, 5.41) is 0.772. The number of nitrogens with zero attached hydrogens (tertiary/aromatic N) is 2. The van der Waals surface area contributed by atoms with Gasteiger partial charge in [-0.05, 0) is 31.2 Å². The highest BCUT2D eigenvalue weighted by atomic mass is 35.5. The van der Waals surface area contributed by atoms with E-state index in [0.717, 1.165) is 5.02 Å². The molecule has 0 saturated carbocycles. The molecule has 0 fully saturated rings. The number of hydrogen-bond acceptors (Lipinski definition) is 0. The van der Waals surface area contributed by atoms with Crippen LogP contribution in [0.3, 0.4) is 0 Å². The molecule has 0 aliphatic carbocycles. The first-order chi connectivity index (χ1) is 7.09. The Balaban J connectivity index is 2.54. The van der Waals surface area contributed by atoms with Gasteiger partial charge in [-0.25, -0.2) is 0 Å². The monoisotopic (exact) mass is 221 g/mol. The topological polar surface area (TPSA) is 8.81 Å². The number of benzene rings is 1. The Kier molecular flexibility index (Phi) is 2.53. The van der Waals surface area contributed by atoms with Crippen molar-refractivity contribution in [2.45, 2.75) is 6.92 Å². The number of rotatable bonds is 1. The maximum Gasteiger partial charge on any atom is 0.238 e. The lowest BCUT2D eigenvalue weighted by molar-refractivity contribution is -0.741. The standard InChI is InChI=1S/C12H14ClN2/c1-9-8-12(15(3)14(9)2)10-4-6-11(13)7-5-10/h4-8H,1-3H3/q+1. The number of halogens is 1. The van der Waals surface area contributed by atoms with E-state index < -0.39 is 0 Å². The van der Waals surface area contributed by atoms with Gasteiger partial charge in [-0.1, -0.05) is 11.6 Å². The summed E-state index contributed by atoms with van der Waals surface area (Å²) in [6.45, 7) is 2.10. The molecule has 0 unspecified atom stereocenters. The fourth-order valence-corrected chi connectivity index (χ4v) is 1.80. The van der Waals surface area contributed by atoms with Crippen molar-refractivity contribution in [3.63, 3.8) is 0 Å². The van der Waals surface area contributed by atoms with Crippen LogP contribution in [0.1, 0.15) is 5.69 Å². The Bertz CT molecular complexity index is 483. The highest BCUT2D eigenvalue weighted by Crippen LogP contribution is 2.19. The third-order valence-electron chi connectivity index (χ3n) is 2.79. The Morgan fingerprint density at radius 2 is 1.80 bits per heavy atom. The second kappa shape index (κ2) is 3.70. The van der Waals surface area contributed by atoms with E-state index in [4.69, 9.17) is 11.6 Å². The summed E-state index contributed by atoms with van der Waals surface area (Å²) in [5.74, 6) is 0. The average molecular weight is 222 g/mol. The van der Waals surface area contributed by atoms with Crippen LogP contribution < -0.4 is 4.68 Å². The lowest BCUT2D eigenvalue weighted by atomic mass is 10.1. The summed E-state index contributed by atoms with van der Waals surface area (Å²) in [6, 6.07) is 10.1. The number of aromatic nitrogens is 2. The third-order valence-corrected chi connectivity index (χ3v) is 3.05. The maximum absolute atomic E-state index is 5.86. The molecule has 1 heterocycles. The first-order valence-electron chi connectivity index (χ1n) is 4.88. The first kappa shape index (κ1) is 10.2. The molecule has 1 aromatic carbocycles. The van der Waals surface area contributed by atoms with Crippen LogP contribution in [0, 0.1) is 6.92 Å². The van der Waals surface area contributed by atoms with Gasteiger partial charge in [0.1, 0.15) is 0 Å². The van der Waals surface area contributed by atoms with Crippen molar-refractivity contribution in [1.82, 2.24) is 4.68 Å². The van der Waals surface area contributed by atoms with E-state index in [1.54, 1.807) is 0 Å². The quantitative estimate of drug-likeness (QED) is 0.655. The van der Waals surface area contributed by atoms with Crippen LogP contribution in [-0.4, -0.2) is 4.68 Å². The minimum absolute atomic E-state index is 0.772. The highest BCUT2D eigenvalue weighted by Gasteiger charge is 2.15. The largest absolute Gasteiger partial charge is 0.238 e. The molecule has 0 atom stereocenters. The van der Waals surface area contributed by atoms with Gasteiger partial charge in [0.25, 0.3) is 0 Å². The van der Waals surface area contributed by atoms with E-state index in [9.17, 15) is 0 Å². The average Bonchev–Trinajstić information content (AvgIpc) is 2.47. The smallest absolute Gasteiger partial charge is 0.161 e. The van der Waals surface area contributed by atoms with Crippen molar-refractivity contribution in [2.24, 2.45) is 14.1 Å². The molecule has 0 amide bonds. The zero-order valence-corrected chi connectivity index (χ0v) is 9.92. The highest BCUT2D eigenvalue weighted by molar-refractivity contribution is 6.30. The molecule has 0 aliphatic rings. The van der Waals surface area contributed by atoms with Gasteiger partial charge in [-0.2, -0.15) is 4.68 Å². The molecule has 0 aliphatic heterocycles. The van der Waals surface area contributed by atoms with Gasteiger partial charge in [-0.15, -0.1) is 4.68 Å². The first-order valence-corrected chi connectivity index (χ1v) is 5.26. The molecular formula is C12H14ClN2+. The van der Waals surface area contributed by atoms with Crippen LogP contribution in [0.25, 0.3) is 11.3 Å². The summed E-state index contributed by atoms with van der Waals surface area (Å²) in [6.07, 6.45) is 0. The number of hydrogen-bond donors (Lipinski definition) is 0. The molecule has 0 saturated heterocycles. The van der Waals surface area contributed by atoms with E-state index in [0.29, 0.717) is 0 Å². The van der Waals surface area contributed by atoms with E-state index in [-0.39, 0.29) is 0 Å². The molecular weight excluding hydrogens is 208 g/mol. The van der Waals surface area contributed by atoms with Gasteiger partial charge in [0, 0.05) is 16.7 Å². The zero-order valence-electron chi connectivity index (χ0n) is 9.16. The summed E-state index contributed by atoms with van der Waals surface area (Å²) >= 11 is 5.86. The second-order valence-corrected chi connectivity index (χ2v) is 4.16. The van der Waals surface area contributed by atoms with Crippen molar-refractivity contribution in [2.75, 3.05) is 0 Å². The Morgan fingerprint density at radius 1 is 1.20 bits per heavy atom. The zero-order chi connectivity index (χ0) is 11.0. The molecule has 1 aromatic heterocycles. The van der Waals surface area contributed by atoms with Crippen molar-refractivity contribution in [1.29, 1.82) is 0 Å². The SMILES string of the molecule is Cc1cc(-c2ccc(Cl)cc2)[n+](C)n1C.